The van der Waals surface area contributed by atoms with Gasteiger partial charge in [0.25, 0.3) is 0 Å². The third-order valence-corrected chi connectivity index (χ3v) is 3.41. The summed E-state index contributed by atoms with van der Waals surface area (Å²) in [6, 6.07) is 1.70. The first-order chi connectivity index (χ1) is 7.57. The lowest BCUT2D eigenvalue weighted by Gasteiger charge is -2.23. The van der Waals surface area contributed by atoms with E-state index in [-0.39, 0.29) is 5.95 Å². The van der Waals surface area contributed by atoms with Gasteiger partial charge < -0.3 is 11.1 Å². The summed E-state index contributed by atoms with van der Waals surface area (Å²) in [7, 11) is 0. The zero-order valence-corrected chi connectivity index (χ0v) is 10.2. The van der Waals surface area contributed by atoms with Gasteiger partial charge >= 0.3 is 0 Å². The first-order valence-corrected chi connectivity index (χ1v) is 5.99. The van der Waals surface area contributed by atoms with Crippen molar-refractivity contribution in [2.75, 3.05) is 17.6 Å². The number of anilines is 2. The molecular weight excluding hydrogens is 224 g/mol. The third kappa shape index (κ3) is 2.76. The smallest absolute Gasteiger partial charge is 0.223 e. The van der Waals surface area contributed by atoms with Gasteiger partial charge in [0, 0.05) is 12.6 Å². The Bertz CT molecular complexity index is 354. The molecule has 0 aromatic carbocycles. The summed E-state index contributed by atoms with van der Waals surface area (Å²) in [4.78, 5) is 7.92. The van der Waals surface area contributed by atoms with E-state index in [9.17, 15) is 0 Å². The first-order valence-electron chi connectivity index (χ1n) is 5.61. The highest BCUT2D eigenvalue weighted by Crippen LogP contribution is 2.37. The van der Waals surface area contributed by atoms with Crippen molar-refractivity contribution in [1.29, 1.82) is 0 Å². The highest BCUT2D eigenvalue weighted by Gasteiger charge is 2.28. The van der Waals surface area contributed by atoms with Crippen molar-refractivity contribution in [3.8, 4) is 0 Å². The fourth-order valence-corrected chi connectivity index (χ4v) is 2.42. The molecule has 5 heteroatoms. The molecule has 0 bridgehead atoms. The van der Waals surface area contributed by atoms with Gasteiger partial charge in [0.1, 0.15) is 11.0 Å². The van der Waals surface area contributed by atoms with Crippen LogP contribution < -0.4 is 11.1 Å². The maximum atomic E-state index is 5.81. The molecule has 0 unspecified atom stereocenters. The lowest BCUT2D eigenvalue weighted by Crippen LogP contribution is -2.23. The number of rotatable bonds is 3. The van der Waals surface area contributed by atoms with Crippen LogP contribution in [-0.4, -0.2) is 16.5 Å². The second-order valence-corrected chi connectivity index (χ2v) is 5.19. The van der Waals surface area contributed by atoms with E-state index >= 15 is 0 Å². The van der Waals surface area contributed by atoms with Crippen molar-refractivity contribution in [2.24, 2.45) is 5.41 Å². The maximum absolute atomic E-state index is 5.81. The molecule has 16 heavy (non-hydrogen) atoms. The first kappa shape index (κ1) is 11.5. The molecule has 0 radical (unpaired) electrons. The monoisotopic (exact) mass is 240 g/mol. The van der Waals surface area contributed by atoms with Crippen LogP contribution in [0.3, 0.4) is 0 Å². The van der Waals surface area contributed by atoms with Gasteiger partial charge in [-0.25, -0.2) is 4.98 Å². The number of nitrogen functional groups attached to an aromatic ring is 1. The van der Waals surface area contributed by atoms with Gasteiger partial charge in [-0.3, -0.25) is 0 Å². The molecule has 4 nitrogen and oxygen atoms in total. The van der Waals surface area contributed by atoms with Crippen molar-refractivity contribution < 1.29 is 0 Å². The summed E-state index contributed by atoms with van der Waals surface area (Å²) in [5.41, 5.74) is 5.91. The van der Waals surface area contributed by atoms with Crippen LogP contribution in [0.1, 0.15) is 32.6 Å². The largest absolute Gasteiger partial charge is 0.369 e. The molecule has 3 N–H and O–H groups in total. The highest BCUT2D eigenvalue weighted by molar-refractivity contribution is 6.29. The Labute approximate surface area is 101 Å². The number of aromatic nitrogens is 2. The Morgan fingerprint density at radius 2 is 2.12 bits per heavy atom. The molecule has 0 spiro atoms. The number of halogens is 1. The zero-order valence-electron chi connectivity index (χ0n) is 9.46. The van der Waals surface area contributed by atoms with Gasteiger partial charge in [0.05, 0.1) is 0 Å². The Kier molecular flexibility index (Phi) is 3.19. The summed E-state index contributed by atoms with van der Waals surface area (Å²) in [5.74, 6) is 0.928. The predicted molar refractivity (Wildman–Crippen MR) is 66.5 cm³/mol. The molecule has 0 atom stereocenters. The van der Waals surface area contributed by atoms with E-state index < -0.39 is 0 Å². The Balaban J connectivity index is 1.98. The van der Waals surface area contributed by atoms with Crippen LogP contribution in [0.4, 0.5) is 11.8 Å². The molecule has 0 aliphatic heterocycles. The van der Waals surface area contributed by atoms with Gasteiger partial charge in [0.2, 0.25) is 5.95 Å². The number of nitrogens with zero attached hydrogens (tertiary/aromatic N) is 2. The Hall–Kier alpha value is -1.03. The van der Waals surface area contributed by atoms with Crippen molar-refractivity contribution in [3.63, 3.8) is 0 Å². The van der Waals surface area contributed by atoms with Crippen LogP contribution in [0.5, 0.6) is 0 Å². The minimum Gasteiger partial charge on any atom is -0.369 e. The van der Waals surface area contributed by atoms with Crippen LogP contribution in [-0.2, 0) is 0 Å². The summed E-state index contributed by atoms with van der Waals surface area (Å²) < 4.78 is 0. The molecule has 1 fully saturated rings. The fourth-order valence-electron chi connectivity index (χ4n) is 2.24. The minimum absolute atomic E-state index is 0.214. The van der Waals surface area contributed by atoms with Crippen molar-refractivity contribution in [3.05, 3.63) is 11.2 Å². The Morgan fingerprint density at radius 1 is 1.44 bits per heavy atom. The summed E-state index contributed by atoms with van der Waals surface area (Å²) >= 11 is 5.81. The SMILES string of the molecule is CC1(CNc2cc(Cl)nc(N)n2)CCCC1. The average Bonchev–Trinajstić information content (AvgIpc) is 2.62. The van der Waals surface area contributed by atoms with E-state index in [1.165, 1.54) is 25.7 Å². The normalized spacial score (nSPS) is 18.6. The molecular formula is C11H17ClN4. The lowest BCUT2D eigenvalue weighted by molar-refractivity contribution is 0.361. The molecule has 1 aliphatic carbocycles. The molecule has 1 aromatic heterocycles. The third-order valence-electron chi connectivity index (χ3n) is 3.22. The topological polar surface area (TPSA) is 63.8 Å². The van der Waals surface area contributed by atoms with E-state index in [2.05, 4.69) is 22.2 Å². The summed E-state index contributed by atoms with van der Waals surface area (Å²) in [6.07, 6.45) is 5.19. The summed E-state index contributed by atoms with van der Waals surface area (Å²) in [5, 5.41) is 3.67. The van der Waals surface area contributed by atoms with Crippen LogP contribution in [0.25, 0.3) is 0 Å². The second-order valence-electron chi connectivity index (χ2n) is 4.81. The quantitative estimate of drug-likeness (QED) is 0.798. The number of hydrogen-bond donors (Lipinski definition) is 2. The van der Waals surface area contributed by atoms with E-state index in [0.717, 1.165) is 6.54 Å². The van der Waals surface area contributed by atoms with E-state index in [1.54, 1.807) is 6.07 Å². The van der Waals surface area contributed by atoms with E-state index in [4.69, 9.17) is 17.3 Å². The van der Waals surface area contributed by atoms with Gasteiger partial charge in [-0.2, -0.15) is 4.98 Å². The van der Waals surface area contributed by atoms with E-state index in [0.29, 0.717) is 16.4 Å². The van der Waals surface area contributed by atoms with E-state index in [1.807, 2.05) is 0 Å². The molecule has 0 saturated heterocycles. The Morgan fingerprint density at radius 3 is 2.75 bits per heavy atom. The van der Waals surface area contributed by atoms with Crippen molar-refractivity contribution in [2.45, 2.75) is 32.6 Å². The van der Waals surface area contributed by atoms with Crippen molar-refractivity contribution in [1.82, 2.24) is 9.97 Å². The standard InChI is InChI=1S/C11H17ClN4/c1-11(4-2-3-5-11)7-14-9-6-8(12)15-10(13)16-9/h6H,2-5,7H2,1H3,(H3,13,14,15,16). The number of nitrogens with one attached hydrogen (secondary N) is 1. The molecule has 1 aliphatic rings. The molecule has 0 amide bonds. The molecule has 1 saturated carbocycles. The molecule has 1 heterocycles. The van der Waals surface area contributed by atoms with Crippen LogP contribution >= 0.6 is 11.6 Å². The van der Waals surface area contributed by atoms with Crippen LogP contribution in [0.2, 0.25) is 5.15 Å². The van der Waals surface area contributed by atoms with Crippen LogP contribution in [0.15, 0.2) is 6.07 Å². The van der Waals surface area contributed by atoms with Gasteiger partial charge in [0.15, 0.2) is 0 Å². The van der Waals surface area contributed by atoms with Gasteiger partial charge in [-0.05, 0) is 18.3 Å². The predicted octanol–water partition coefficient (Wildman–Crippen LogP) is 2.70. The highest BCUT2D eigenvalue weighted by atomic mass is 35.5. The summed E-state index contributed by atoms with van der Waals surface area (Å²) in [6.45, 7) is 3.22. The fraction of sp³-hybridized carbons (Fsp3) is 0.636. The van der Waals surface area contributed by atoms with Gasteiger partial charge in [-0.1, -0.05) is 31.4 Å². The number of hydrogen-bond acceptors (Lipinski definition) is 4. The number of nitrogens with two attached hydrogens (primary N) is 1. The minimum atomic E-state index is 0.214. The molecule has 88 valence electrons. The zero-order chi connectivity index (χ0) is 11.6. The van der Waals surface area contributed by atoms with Gasteiger partial charge in [-0.15, -0.1) is 0 Å². The molecule has 2 rings (SSSR count). The average molecular weight is 241 g/mol. The van der Waals surface area contributed by atoms with Crippen molar-refractivity contribution >= 4 is 23.4 Å². The van der Waals surface area contributed by atoms with Crippen LogP contribution in [0, 0.1) is 5.41 Å². The molecule has 1 aromatic rings. The maximum Gasteiger partial charge on any atom is 0.223 e. The second kappa shape index (κ2) is 4.45. The lowest BCUT2D eigenvalue weighted by atomic mass is 9.89.